The third-order valence-electron chi connectivity index (χ3n) is 4.28. The van der Waals surface area contributed by atoms with Crippen LogP contribution in [0.1, 0.15) is 36.2 Å². The van der Waals surface area contributed by atoms with Crippen molar-refractivity contribution in [2.24, 2.45) is 0 Å². The average molecular weight is 369 g/mol. The molecule has 1 fully saturated rings. The van der Waals surface area contributed by atoms with Crippen molar-refractivity contribution < 1.29 is 27.9 Å². The van der Waals surface area contributed by atoms with Crippen molar-refractivity contribution in [1.29, 1.82) is 0 Å². The van der Waals surface area contributed by atoms with Crippen LogP contribution in [0.25, 0.3) is 0 Å². The summed E-state index contributed by atoms with van der Waals surface area (Å²) in [7, 11) is -3.12. The van der Waals surface area contributed by atoms with E-state index in [4.69, 9.17) is 4.74 Å². The zero-order valence-corrected chi connectivity index (χ0v) is 15.4. The largest absolute Gasteiger partial charge is 0.507 e. The predicted molar refractivity (Wildman–Crippen MR) is 92.2 cm³/mol. The van der Waals surface area contributed by atoms with Crippen LogP contribution in [0.4, 0.5) is 0 Å². The first kappa shape index (κ1) is 19.2. The third-order valence-corrected chi connectivity index (χ3v) is 6.03. The van der Waals surface area contributed by atoms with E-state index < -0.39 is 33.9 Å². The number of likely N-dealkylation sites (N-methyl/N-ethyl adjacent to an activating group) is 1. The molecule has 0 radical (unpaired) electrons. The van der Waals surface area contributed by atoms with Crippen molar-refractivity contribution in [3.8, 4) is 5.75 Å². The maximum atomic E-state index is 12.6. The molecule has 1 aromatic carbocycles. The molecule has 2 rings (SSSR count). The Kier molecular flexibility index (Phi) is 5.72. The highest BCUT2D eigenvalue weighted by Gasteiger charge is 2.36. The first-order valence-corrected chi connectivity index (χ1v) is 9.98. The molecule has 0 spiro atoms. The number of carbonyl (C=O) groups excluding carboxylic acids is 2. The summed E-state index contributed by atoms with van der Waals surface area (Å²) in [4.78, 5) is 26.2. The van der Waals surface area contributed by atoms with Gasteiger partial charge in [-0.2, -0.15) is 0 Å². The lowest BCUT2D eigenvalue weighted by atomic mass is 10.1. The summed E-state index contributed by atoms with van der Waals surface area (Å²) in [5.74, 6) is -1.45. The van der Waals surface area contributed by atoms with Gasteiger partial charge < -0.3 is 14.7 Å². The molecule has 8 heteroatoms. The van der Waals surface area contributed by atoms with Gasteiger partial charge in [0.05, 0.1) is 11.5 Å². The first-order valence-electron chi connectivity index (χ1n) is 8.16. The SMILES string of the molecule is CCN(C(=O)[C@@H](C)OC(=O)c1cc(C)ccc1O)[C@H]1CCS(=O)(=O)C1. The molecule has 1 saturated heterocycles. The van der Waals surface area contributed by atoms with E-state index in [1.807, 2.05) is 0 Å². The second-order valence-electron chi connectivity index (χ2n) is 6.25. The van der Waals surface area contributed by atoms with E-state index in [0.29, 0.717) is 13.0 Å². The average Bonchev–Trinajstić information content (AvgIpc) is 2.89. The molecule has 138 valence electrons. The fourth-order valence-corrected chi connectivity index (χ4v) is 4.67. The molecule has 0 aromatic heterocycles. The Morgan fingerprint density at radius 3 is 2.64 bits per heavy atom. The maximum Gasteiger partial charge on any atom is 0.342 e. The van der Waals surface area contributed by atoms with E-state index in [1.165, 1.54) is 24.0 Å². The quantitative estimate of drug-likeness (QED) is 0.785. The lowest BCUT2D eigenvalue weighted by Gasteiger charge is -2.29. The van der Waals surface area contributed by atoms with Crippen molar-refractivity contribution in [2.45, 2.75) is 39.3 Å². The number of aryl methyl sites for hydroxylation is 1. The minimum Gasteiger partial charge on any atom is -0.507 e. The van der Waals surface area contributed by atoms with E-state index in [1.54, 1.807) is 19.9 Å². The number of sulfone groups is 1. The van der Waals surface area contributed by atoms with Gasteiger partial charge in [0.1, 0.15) is 11.3 Å². The zero-order chi connectivity index (χ0) is 18.8. The van der Waals surface area contributed by atoms with Crippen LogP contribution in [0, 0.1) is 6.92 Å². The summed E-state index contributed by atoms with van der Waals surface area (Å²) in [6.45, 7) is 5.30. The van der Waals surface area contributed by atoms with Gasteiger partial charge in [-0.3, -0.25) is 4.79 Å². The van der Waals surface area contributed by atoms with Crippen LogP contribution in [0.15, 0.2) is 18.2 Å². The van der Waals surface area contributed by atoms with E-state index in [0.717, 1.165) is 5.56 Å². The molecule has 25 heavy (non-hydrogen) atoms. The molecule has 0 unspecified atom stereocenters. The van der Waals surface area contributed by atoms with Gasteiger partial charge in [-0.25, -0.2) is 13.2 Å². The zero-order valence-electron chi connectivity index (χ0n) is 14.6. The molecule has 0 bridgehead atoms. The number of ether oxygens (including phenoxy) is 1. The number of aromatic hydroxyl groups is 1. The number of hydrogen-bond acceptors (Lipinski definition) is 6. The topological polar surface area (TPSA) is 101 Å². The highest BCUT2D eigenvalue weighted by atomic mass is 32.2. The van der Waals surface area contributed by atoms with Crippen LogP contribution in [-0.2, 0) is 19.4 Å². The number of hydrogen-bond donors (Lipinski definition) is 1. The Bertz CT molecular complexity index is 773. The fraction of sp³-hybridized carbons (Fsp3) is 0.529. The number of esters is 1. The number of rotatable bonds is 5. The Balaban J connectivity index is 2.08. The van der Waals surface area contributed by atoms with Crippen molar-refractivity contribution in [3.63, 3.8) is 0 Å². The lowest BCUT2D eigenvalue weighted by Crippen LogP contribution is -2.46. The third kappa shape index (κ3) is 4.50. The minimum atomic E-state index is -3.12. The van der Waals surface area contributed by atoms with Crippen molar-refractivity contribution >= 4 is 21.7 Å². The van der Waals surface area contributed by atoms with Crippen molar-refractivity contribution in [3.05, 3.63) is 29.3 Å². The fourth-order valence-electron chi connectivity index (χ4n) is 2.94. The first-order chi connectivity index (χ1) is 11.6. The summed E-state index contributed by atoms with van der Waals surface area (Å²) in [6, 6.07) is 4.13. The van der Waals surface area contributed by atoms with Gasteiger partial charge in [-0.1, -0.05) is 11.6 Å². The summed E-state index contributed by atoms with van der Waals surface area (Å²) < 4.78 is 28.5. The minimum absolute atomic E-state index is 0.00820. The van der Waals surface area contributed by atoms with E-state index in [-0.39, 0.29) is 22.8 Å². The van der Waals surface area contributed by atoms with Gasteiger partial charge in [0.15, 0.2) is 15.9 Å². The van der Waals surface area contributed by atoms with E-state index >= 15 is 0 Å². The molecule has 2 atom stereocenters. The van der Waals surface area contributed by atoms with Crippen LogP contribution in [0.5, 0.6) is 5.75 Å². The summed E-state index contributed by atoms with van der Waals surface area (Å²) in [5.41, 5.74) is 0.765. The summed E-state index contributed by atoms with van der Waals surface area (Å²) in [6.07, 6.45) is -0.683. The second kappa shape index (κ2) is 7.43. The number of benzene rings is 1. The smallest absolute Gasteiger partial charge is 0.342 e. The van der Waals surface area contributed by atoms with Crippen molar-refractivity contribution in [2.75, 3.05) is 18.1 Å². The van der Waals surface area contributed by atoms with Crippen LogP contribution in [0.3, 0.4) is 0 Å². The highest BCUT2D eigenvalue weighted by Crippen LogP contribution is 2.22. The van der Waals surface area contributed by atoms with Gasteiger partial charge in [0.2, 0.25) is 0 Å². The Labute approximate surface area is 147 Å². The number of nitrogens with zero attached hydrogens (tertiary/aromatic N) is 1. The number of carbonyl (C=O) groups is 2. The molecule has 1 N–H and O–H groups in total. The van der Waals surface area contributed by atoms with Crippen LogP contribution in [-0.4, -0.2) is 60.5 Å². The molecular formula is C17H23NO6S. The molecule has 0 saturated carbocycles. The van der Waals surface area contributed by atoms with E-state index in [9.17, 15) is 23.1 Å². The Morgan fingerprint density at radius 2 is 2.08 bits per heavy atom. The second-order valence-corrected chi connectivity index (χ2v) is 8.48. The standard InChI is InChI=1S/C17H23NO6S/c1-4-18(13-7-8-25(22,23)10-13)16(20)12(3)24-17(21)14-9-11(2)5-6-15(14)19/h5-6,9,12-13,19H,4,7-8,10H2,1-3H3/t12-,13+/m1/s1. The molecule has 1 aromatic rings. The molecule has 7 nitrogen and oxygen atoms in total. The Hall–Kier alpha value is -2.09. The number of phenols is 1. The van der Waals surface area contributed by atoms with E-state index in [2.05, 4.69) is 0 Å². The normalized spacial score (nSPS) is 20.0. The van der Waals surface area contributed by atoms with Gasteiger partial charge in [-0.05, 0) is 39.3 Å². The molecule has 1 amide bonds. The molecule has 0 aliphatic carbocycles. The Morgan fingerprint density at radius 1 is 1.40 bits per heavy atom. The molecule has 1 aliphatic rings. The molecule has 1 heterocycles. The maximum absolute atomic E-state index is 12.6. The van der Waals surface area contributed by atoms with Crippen LogP contribution in [0.2, 0.25) is 0 Å². The molecular weight excluding hydrogens is 346 g/mol. The monoisotopic (exact) mass is 369 g/mol. The number of amides is 1. The highest BCUT2D eigenvalue weighted by molar-refractivity contribution is 7.91. The summed E-state index contributed by atoms with van der Waals surface area (Å²) in [5, 5.41) is 9.78. The van der Waals surface area contributed by atoms with Crippen LogP contribution >= 0.6 is 0 Å². The van der Waals surface area contributed by atoms with Gasteiger partial charge in [0, 0.05) is 12.6 Å². The van der Waals surface area contributed by atoms with Gasteiger partial charge in [-0.15, -0.1) is 0 Å². The van der Waals surface area contributed by atoms with Crippen LogP contribution < -0.4 is 0 Å². The molecule has 1 aliphatic heterocycles. The van der Waals surface area contributed by atoms with Gasteiger partial charge >= 0.3 is 5.97 Å². The van der Waals surface area contributed by atoms with Gasteiger partial charge in [0.25, 0.3) is 5.91 Å². The summed E-state index contributed by atoms with van der Waals surface area (Å²) >= 11 is 0. The number of phenolic OH excluding ortho intramolecular Hbond substituents is 1. The lowest BCUT2D eigenvalue weighted by molar-refractivity contribution is -0.141. The predicted octanol–water partition coefficient (Wildman–Crippen LogP) is 1.28. The van der Waals surface area contributed by atoms with Crippen molar-refractivity contribution in [1.82, 2.24) is 4.90 Å².